The van der Waals surface area contributed by atoms with Crippen molar-refractivity contribution in [2.45, 2.75) is 38.1 Å². The molecule has 0 amide bonds. The average molecular weight is 240 g/mol. The maximum absolute atomic E-state index is 5.00. The lowest BCUT2D eigenvalue weighted by Crippen LogP contribution is -2.15. The summed E-state index contributed by atoms with van der Waals surface area (Å²) in [5.74, 6) is 0.792. The fourth-order valence-corrected chi connectivity index (χ4v) is 2.63. The molecule has 1 aromatic rings. The third kappa shape index (κ3) is 3.85. The summed E-state index contributed by atoms with van der Waals surface area (Å²) < 4.78 is 5.00. The number of methoxy groups -OCH3 is 1. The Morgan fingerprint density at radius 3 is 3.12 bits per heavy atom. The molecule has 1 saturated carbocycles. The van der Waals surface area contributed by atoms with Gasteiger partial charge in [0.15, 0.2) is 0 Å². The van der Waals surface area contributed by atoms with Crippen molar-refractivity contribution in [1.82, 2.24) is 10.3 Å². The molecular weight excluding hydrogens is 220 g/mol. The van der Waals surface area contributed by atoms with E-state index in [0.717, 1.165) is 32.0 Å². The first-order valence-electron chi connectivity index (χ1n) is 6.04. The van der Waals surface area contributed by atoms with Gasteiger partial charge in [-0.3, -0.25) is 0 Å². The highest BCUT2D eigenvalue weighted by molar-refractivity contribution is 7.09. The summed E-state index contributed by atoms with van der Waals surface area (Å²) in [4.78, 5) is 4.64. The van der Waals surface area contributed by atoms with Crippen LogP contribution in [0.1, 0.15) is 42.3 Å². The Morgan fingerprint density at radius 2 is 2.38 bits per heavy atom. The first-order valence-corrected chi connectivity index (χ1v) is 6.92. The van der Waals surface area contributed by atoms with Crippen molar-refractivity contribution >= 4 is 11.3 Å². The molecule has 0 unspecified atom stereocenters. The molecule has 90 valence electrons. The van der Waals surface area contributed by atoms with Crippen molar-refractivity contribution < 1.29 is 4.74 Å². The van der Waals surface area contributed by atoms with E-state index in [-0.39, 0.29) is 0 Å². The van der Waals surface area contributed by atoms with Crippen LogP contribution >= 0.6 is 11.3 Å². The fraction of sp³-hybridized carbons (Fsp3) is 0.750. The number of hydrogen-bond donors (Lipinski definition) is 1. The Morgan fingerprint density at radius 1 is 1.50 bits per heavy atom. The minimum atomic E-state index is 0.792. The Balaban J connectivity index is 1.57. The van der Waals surface area contributed by atoms with Gasteiger partial charge in [0.05, 0.1) is 10.7 Å². The van der Waals surface area contributed by atoms with Crippen LogP contribution in [0.5, 0.6) is 0 Å². The molecule has 0 saturated heterocycles. The van der Waals surface area contributed by atoms with E-state index in [1.54, 1.807) is 7.11 Å². The highest BCUT2D eigenvalue weighted by Crippen LogP contribution is 2.41. The van der Waals surface area contributed by atoms with Crippen LogP contribution in [0.3, 0.4) is 0 Å². The van der Waals surface area contributed by atoms with Crippen molar-refractivity contribution in [2.24, 2.45) is 0 Å². The van der Waals surface area contributed by atoms with Crippen LogP contribution in [0.2, 0.25) is 0 Å². The van der Waals surface area contributed by atoms with Crippen LogP contribution in [0.25, 0.3) is 0 Å². The monoisotopic (exact) mass is 240 g/mol. The molecule has 0 atom stereocenters. The zero-order valence-electron chi connectivity index (χ0n) is 9.87. The second kappa shape index (κ2) is 6.33. The molecular formula is C12H20N2OS. The van der Waals surface area contributed by atoms with E-state index in [9.17, 15) is 0 Å². The van der Waals surface area contributed by atoms with Crippen LogP contribution in [-0.2, 0) is 11.3 Å². The fourth-order valence-electron chi connectivity index (χ4n) is 1.63. The molecule has 0 spiro atoms. The van der Waals surface area contributed by atoms with E-state index in [2.05, 4.69) is 15.7 Å². The van der Waals surface area contributed by atoms with Crippen LogP contribution in [0.15, 0.2) is 5.38 Å². The van der Waals surface area contributed by atoms with Crippen LogP contribution < -0.4 is 5.32 Å². The van der Waals surface area contributed by atoms with E-state index < -0.39 is 0 Å². The third-order valence-electron chi connectivity index (χ3n) is 2.75. The average Bonchev–Trinajstić information content (AvgIpc) is 3.04. The van der Waals surface area contributed by atoms with Gasteiger partial charge in [-0.25, -0.2) is 4.98 Å². The van der Waals surface area contributed by atoms with E-state index in [0.29, 0.717) is 0 Å². The van der Waals surface area contributed by atoms with Crippen molar-refractivity contribution in [1.29, 1.82) is 0 Å². The van der Waals surface area contributed by atoms with Gasteiger partial charge in [0.2, 0.25) is 0 Å². The largest absolute Gasteiger partial charge is 0.385 e. The zero-order valence-corrected chi connectivity index (χ0v) is 10.7. The molecule has 0 aromatic carbocycles. The SMILES string of the molecule is COCCCCNCc1csc(C2CC2)n1. The van der Waals surface area contributed by atoms with Crippen molar-refractivity contribution in [3.63, 3.8) is 0 Å². The maximum Gasteiger partial charge on any atom is 0.0959 e. The summed E-state index contributed by atoms with van der Waals surface area (Å²) in [6.07, 6.45) is 5.00. The predicted octanol–water partition coefficient (Wildman–Crippen LogP) is 2.54. The highest BCUT2D eigenvalue weighted by Gasteiger charge is 2.26. The molecule has 0 radical (unpaired) electrons. The van der Waals surface area contributed by atoms with Crippen LogP contribution in [-0.4, -0.2) is 25.2 Å². The van der Waals surface area contributed by atoms with Crippen molar-refractivity contribution in [2.75, 3.05) is 20.3 Å². The first kappa shape index (κ1) is 12.0. The number of hydrogen-bond acceptors (Lipinski definition) is 4. The van der Waals surface area contributed by atoms with Crippen molar-refractivity contribution in [3.8, 4) is 0 Å². The second-order valence-corrected chi connectivity index (χ2v) is 5.22. The van der Waals surface area contributed by atoms with Gasteiger partial charge in [-0.2, -0.15) is 0 Å². The van der Waals surface area contributed by atoms with Gasteiger partial charge in [0.25, 0.3) is 0 Å². The molecule has 1 heterocycles. The molecule has 1 aliphatic rings. The van der Waals surface area contributed by atoms with E-state index in [4.69, 9.17) is 4.74 Å². The van der Waals surface area contributed by atoms with Crippen molar-refractivity contribution in [3.05, 3.63) is 16.1 Å². The summed E-state index contributed by atoms with van der Waals surface area (Å²) in [6, 6.07) is 0. The lowest BCUT2D eigenvalue weighted by atomic mass is 10.3. The first-order chi connectivity index (χ1) is 7.90. The summed E-state index contributed by atoms with van der Waals surface area (Å²) >= 11 is 1.82. The third-order valence-corrected chi connectivity index (χ3v) is 3.81. The number of aromatic nitrogens is 1. The standard InChI is InChI=1S/C12H20N2OS/c1-15-7-3-2-6-13-8-11-9-16-12(14-11)10-4-5-10/h9-10,13H,2-8H2,1H3. The summed E-state index contributed by atoms with van der Waals surface area (Å²) in [5.41, 5.74) is 1.21. The van der Waals surface area contributed by atoms with E-state index in [1.165, 1.54) is 30.0 Å². The Labute approximate surface area is 101 Å². The molecule has 1 aliphatic carbocycles. The molecule has 2 rings (SSSR count). The number of ether oxygens (including phenoxy) is 1. The lowest BCUT2D eigenvalue weighted by Gasteiger charge is -2.02. The molecule has 1 aromatic heterocycles. The molecule has 0 aliphatic heterocycles. The predicted molar refractivity (Wildman–Crippen MR) is 66.9 cm³/mol. The van der Waals surface area contributed by atoms with Crippen LogP contribution in [0, 0.1) is 0 Å². The summed E-state index contributed by atoms with van der Waals surface area (Å²) in [7, 11) is 1.75. The quantitative estimate of drug-likeness (QED) is 0.709. The van der Waals surface area contributed by atoms with Gasteiger partial charge in [-0.15, -0.1) is 11.3 Å². The molecule has 0 bridgehead atoms. The maximum atomic E-state index is 5.00. The zero-order chi connectivity index (χ0) is 11.2. The van der Waals surface area contributed by atoms with Gasteiger partial charge in [-0.05, 0) is 32.2 Å². The van der Waals surface area contributed by atoms with Gasteiger partial charge >= 0.3 is 0 Å². The topological polar surface area (TPSA) is 34.1 Å². The Hall–Kier alpha value is -0.450. The summed E-state index contributed by atoms with van der Waals surface area (Å²) in [5, 5.41) is 6.96. The number of nitrogens with zero attached hydrogens (tertiary/aromatic N) is 1. The van der Waals surface area contributed by atoms with Gasteiger partial charge in [0, 0.05) is 31.6 Å². The number of thiazole rings is 1. The lowest BCUT2D eigenvalue weighted by molar-refractivity contribution is 0.192. The molecule has 1 fully saturated rings. The minimum Gasteiger partial charge on any atom is -0.385 e. The minimum absolute atomic E-state index is 0.792. The van der Waals surface area contributed by atoms with Crippen LogP contribution in [0.4, 0.5) is 0 Å². The summed E-state index contributed by atoms with van der Waals surface area (Å²) in [6.45, 7) is 2.83. The number of unbranched alkanes of at least 4 members (excludes halogenated alkanes) is 1. The Kier molecular flexibility index (Phi) is 4.75. The molecule has 3 nitrogen and oxygen atoms in total. The smallest absolute Gasteiger partial charge is 0.0959 e. The normalized spacial score (nSPS) is 15.6. The Bertz CT molecular complexity index is 310. The highest BCUT2D eigenvalue weighted by atomic mass is 32.1. The molecule has 16 heavy (non-hydrogen) atoms. The molecule has 1 N–H and O–H groups in total. The van der Waals surface area contributed by atoms with Gasteiger partial charge < -0.3 is 10.1 Å². The van der Waals surface area contributed by atoms with Gasteiger partial charge in [0.1, 0.15) is 0 Å². The second-order valence-electron chi connectivity index (χ2n) is 4.33. The number of nitrogens with one attached hydrogen (secondary N) is 1. The number of rotatable bonds is 8. The molecule has 4 heteroatoms. The van der Waals surface area contributed by atoms with E-state index >= 15 is 0 Å². The van der Waals surface area contributed by atoms with Gasteiger partial charge in [-0.1, -0.05) is 0 Å². The van der Waals surface area contributed by atoms with E-state index in [1.807, 2.05) is 11.3 Å².